The first kappa shape index (κ1) is 20.9. The number of halogens is 1. The van der Waals surface area contributed by atoms with Gasteiger partial charge in [0.1, 0.15) is 11.4 Å². The monoisotopic (exact) mass is 454 g/mol. The molecule has 2 aliphatic heterocycles. The summed E-state index contributed by atoms with van der Waals surface area (Å²) in [6, 6.07) is 5.32. The largest absolute Gasteiger partial charge is 0.482 e. The van der Waals surface area contributed by atoms with Crippen LogP contribution in [0.2, 0.25) is 0 Å². The molecular weight excluding hydrogens is 428 g/mol. The van der Waals surface area contributed by atoms with Gasteiger partial charge in [0, 0.05) is 17.9 Å². The summed E-state index contributed by atoms with van der Waals surface area (Å²) < 4.78 is 10.8. The number of alkyl halides is 1. The third-order valence-corrected chi connectivity index (χ3v) is 6.17. The summed E-state index contributed by atoms with van der Waals surface area (Å²) >= 11 is 3.65. The number of likely N-dealkylation sites (tertiary alicyclic amines) is 1. The number of piperidine rings is 1. The number of aliphatic hydroxyl groups excluding tert-OH is 1. The van der Waals surface area contributed by atoms with Crippen LogP contribution in [-0.2, 0) is 9.53 Å². The molecule has 2 aliphatic rings. The van der Waals surface area contributed by atoms with Crippen molar-refractivity contribution in [1.82, 2.24) is 4.90 Å². The van der Waals surface area contributed by atoms with E-state index < -0.39 is 11.7 Å². The van der Waals surface area contributed by atoms with E-state index >= 15 is 0 Å². The van der Waals surface area contributed by atoms with Crippen LogP contribution in [-0.4, -0.2) is 52.1 Å². The number of fused-ring (bicyclic) bond motifs is 1. The van der Waals surface area contributed by atoms with E-state index in [1.54, 1.807) is 17.0 Å². The van der Waals surface area contributed by atoms with Gasteiger partial charge < -0.3 is 24.8 Å². The summed E-state index contributed by atoms with van der Waals surface area (Å²) in [7, 11) is 0. The highest BCUT2D eigenvalue weighted by Gasteiger charge is 2.33. The summed E-state index contributed by atoms with van der Waals surface area (Å²) in [4.78, 5) is 25.3. The first-order valence-electron chi connectivity index (χ1n) is 9.51. The van der Waals surface area contributed by atoms with Crippen LogP contribution in [0.3, 0.4) is 0 Å². The highest BCUT2D eigenvalue weighted by Crippen LogP contribution is 2.37. The van der Waals surface area contributed by atoms with Crippen molar-refractivity contribution in [2.45, 2.75) is 50.1 Å². The number of hydrogen-bond acceptors (Lipinski definition) is 5. The van der Waals surface area contributed by atoms with Gasteiger partial charge in [-0.15, -0.1) is 0 Å². The molecule has 1 aromatic carbocycles. The fourth-order valence-electron chi connectivity index (χ4n) is 3.45. The van der Waals surface area contributed by atoms with Gasteiger partial charge in [0.2, 0.25) is 0 Å². The van der Waals surface area contributed by atoms with Crippen molar-refractivity contribution < 1.29 is 24.2 Å². The van der Waals surface area contributed by atoms with E-state index in [2.05, 4.69) is 21.2 Å². The number of amides is 2. The second kappa shape index (κ2) is 8.29. The van der Waals surface area contributed by atoms with Crippen molar-refractivity contribution in [1.29, 1.82) is 0 Å². The number of nitrogens with one attached hydrogen (secondary N) is 1. The van der Waals surface area contributed by atoms with Gasteiger partial charge in [-0.2, -0.15) is 0 Å². The Balaban J connectivity index is 1.59. The van der Waals surface area contributed by atoms with E-state index in [1.165, 1.54) is 0 Å². The normalized spacial score (nSPS) is 19.9. The Kier molecular flexibility index (Phi) is 6.19. The zero-order valence-corrected chi connectivity index (χ0v) is 18.0. The third kappa shape index (κ3) is 4.97. The maximum Gasteiger partial charge on any atom is 0.410 e. The summed E-state index contributed by atoms with van der Waals surface area (Å²) in [6.45, 7) is 6.77. The number of ether oxygens (including phenoxy) is 2. The van der Waals surface area contributed by atoms with Gasteiger partial charge in [0.15, 0.2) is 6.61 Å². The van der Waals surface area contributed by atoms with Crippen molar-refractivity contribution in [3.63, 3.8) is 0 Å². The van der Waals surface area contributed by atoms with Gasteiger partial charge >= 0.3 is 6.09 Å². The van der Waals surface area contributed by atoms with Crippen LogP contribution in [0.5, 0.6) is 5.75 Å². The van der Waals surface area contributed by atoms with Crippen molar-refractivity contribution >= 4 is 33.6 Å². The highest BCUT2D eigenvalue weighted by atomic mass is 79.9. The van der Waals surface area contributed by atoms with Crippen molar-refractivity contribution in [3.05, 3.63) is 23.8 Å². The molecular formula is C20H27BrN2O5. The van der Waals surface area contributed by atoms with Gasteiger partial charge in [0.25, 0.3) is 5.91 Å². The minimum absolute atomic E-state index is 0.00614. The lowest BCUT2D eigenvalue weighted by atomic mass is 9.88. The molecule has 0 aromatic heterocycles. The fraction of sp³-hybridized carbons (Fsp3) is 0.600. The molecule has 3 rings (SSSR count). The molecule has 1 fully saturated rings. The molecule has 0 saturated carbocycles. The molecule has 2 atom stereocenters. The number of aliphatic hydroxyl groups is 1. The Morgan fingerprint density at radius 2 is 2.04 bits per heavy atom. The predicted molar refractivity (Wildman–Crippen MR) is 109 cm³/mol. The Morgan fingerprint density at radius 3 is 2.68 bits per heavy atom. The lowest BCUT2D eigenvalue weighted by Gasteiger charge is -2.36. The second-order valence-corrected chi connectivity index (χ2v) is 9.34. The minimum Gasteiger partial charge on any atom is -0.482 e. The summed E-state index contributed by atoms with van der Waals surface area (Å²) in [5, 5.41) is 13.6. The number of hydrogen-bond donors (Lipinski definition) is 2. The van der Waals surface area contributed by atoms with Gasteiger partial charge in [-0.05, 0) is 57.2 Å². The Labute approximate surface area is 173 Å². The van der Waals surface area contributed by atoms with Gasteiger partial charge in [0.05, 0.1) is 11.8 Å². The molecule has 28 heavy (non-hydrogen) atoms. The number of nitrogens with zero attached hydrogens (tertiary/aromatic N) is 1. The Hall–Kier alpha value is -1.80. The zero-order valence-electron chi connectivity index (χ0n) is 16.4. The van der Waals surface area contributed by atoms with E-state index in [0.29, 0.717) is 30.1 Å². The average Bonchev–Trinajstić information content (AvgIpc) is 2.65. The predicted octanol–water partition coefficient (Wildman–Crippen LogP) is 3.46. The topological polar surface area (TPSA) is 88.1 Å². The quantitative estimate of drug-likeness (QED) is 0.682. The van der Waals surface area contributed by atoms with E-state index in [0.717, 1.165) is 12.8 Å². The molecule has 2 amide bonds. The van der Waals surface area contributed by atoms with Crippen molar-refractivity contribution in [2.75, 3.05) is 25.0 Å². The molecule has 0 radical (unpaired) electrons. The van der Waals surface area contributed by atoms with Gasteiger partial charge in [-0.25, -0.2) is 4.79 Å². The molecule has 1 saturated heterocycles. The maximum atomic E-state index is 12.2. The molecule has 2 N–H and O–H groups in total. The minimum atomic E-state index is -0.734. The number of carbonyl (C=O) groups excluding carboxylic acids is 2. The second-order valence-electron chi connectivity index (χ2n) is 8.29. The van der Waals surface area contributed by atoms with Crippen LogP contribution >= 0.6 is 15.9 Å². The summed E-state index contributed by atoms with van der Waals surface area (Å²) in [5.41, 5.74) is 0.779. The van der Waals surface area contributed by atoms with Gasteiger partial charge in [-0.3, -0.25) is 4.79 Å². The zero-order chi connectivity index (χ0) is 20.5. The molecule has 1 aromatic rings. The van der Waals surface area contributed by atoms with Crippen molar-refractivity contribution in [2.24, 2.45) is 5.92 Å². The van der Waals surface area contributed by atoms with E-state index in [9.17, 15) is 14.7 Å². The van der Waals surface area contributed by atoms with E-state index in [-0.39, 0.29) is 29.4 Å². The molecule has 7 nitrogen and oxygen atoms in total. The lowest BCUT2D eigenvalue weighted by Crippen LogP contribution is -2.43. The average molecular weight is 455 g/mol. The van der Waals surface area contributed by atoms with Crippen LogP contribution in [0.4, 0.5) is 10.5 Å². The van der Waals surface area contributed by atoms with Crippen LogP contribution in [0, 0.1) is 5.92 Å². The first-order chi connectivity index (χ1) is 13.1. The Bertz CT molecular complexity index is 741. The summed E-state index contributed by atoms with van der Waals surface area (Å²) in [6.07, 6.45) is 0.527. The highest BCUT2D eigenvalue weighted by molar-refractivity contribution is 9.09. The smallest absolute Gasteiger partial charge is 0.410 e. The lowest BCUT2D eigenvalue weighted by molar-refractivity contribution is -0.118. The van der Waals surface area contributed by atoms with Crippen LogP contribution < -0.4 is 10.1 Å². The maximum absolute atomic E-state index is 12.2. The van der Waals surface area contributed by atoms with E-state index in [4.69, 9.17) is 9.47 Å². The number of rotatable bonds is 3. The van der Waals surface area contributed by atoms with Crippen LogP contribution in [0.1, 0.15) is 45.3 Å². The fourth-order valence-corrected chi connectivity index (χ4v) is 4.29. The SMILES string of the molecule is CC(C)(C)OC(=O)N1CCC(C(Br)C(O)c2ccc3c(c2)NC(=O)CO3)CC1. The van der Waals surface area contributed by atoms with Crippen LogP contribution in [0.15, 0.2) is 18.2 Å². The molecule has 2 heterocycles. The number of carbonyl (C=O) groups is 2. The number of benzene rings is 1. The Morgan fingerprint density at radius 1 is 1.36 bits per heavy atom. The number of anilines is 1. The van der Waals surface area contributed by atoms with Crippen LogP contribution in [0.25, 0.3) is 0 Å². The van der Waals surface area contributed by atoms with E-state index in [1.807, 2.05) is 26.8 Å². The molecule has 0 aliphatic carbocycles. The van der Waals surface area contributed by atoms with Gasteiger partial charge in [-0.1, -0.05) is 22.0 Å². The molecule has 2 unspecified atom stereocenters. The molecule has 8 heteroatoms. The standard InChI is InChI=1S/C20H27BrN2O5/c1-20(2,3)28-19(26)23-8-6-12(7-9-23)17(21)18(25)13-4-5-15-14(10-13)22-16(24)11-27-15/h4-5,10,12,17-18,25H,6-9,11H2,1-3H3,(H,22,24). The first-order valence-corrected chi connectivity index (χ1v) is 10.4. The molecule has 0 spiro atoms. The molecule has 154 valence electrons. The molecule has 0 bridgehead atoms. The van der Waals surface area contributed by atoms with Crippen molar-refractivity contribution in [3.8, 4) is 5.75 Å². The third-order valence-electron chi connectivity index (χ3n) is 4.92. The summed E-state index contributed by atoms with van der Waals surface area (Å²) in [5.74, 6) is 0.618.